The lowest BCUT2D eigenvalue weighted by Crippen LogP contribution is -2.20. The Labute approximate surface area is 236 Å². The lowest BCUT2D eigenvalue weighted by molar-refractivity contribution is -0.142. The maximum absolute atomic E-state index is 11.0. The van der Waals surface area contributed by atoms with Crippen molar-refractivity contribution in [3.63, 3.8) is 0 Å². The molecule has 2 saturated heterocycles. The molecule has 0 aliphatic carbocycles. The highest BCUT2D eigenvalue weighted by atomic mass is 16.8. The number of carbonyl (C=O) groups excluding carboxylic acids is 2. The van der Waals surface area contributed by atoms with Crippen molar-refractivity contribution < 1.29 is 33.3 Å². The Bertz CT molecular complexity index is 1580. The smallest absolute Gasteiger partial charge is 0.498 e. The molecule has 2 fully saturated rings. The van der Waals surface area contributed by atoms with E-state index < -0.39 is 12.3 Å². The van der Waals surface area contributed by atoms with Gasteiger partial charge in [0.2, 0.25) is 0 Å². The normalized spacial score (nSPS) is 17.0. The second kappa shape index (κ2) is 13.3. The molecule has 3 aromatic carbocycles. The number of nitrogens with zero attached hydrogens (tertiary/aromatic N) is 2. The fourth-order valence-electron chi connectivity index (χ4n) is 4.65. The second-order valence-corrected chi connectivity index (χ2v) is 9.48. The number of hydrogen-bond acceptors (Lipinski definition) is 9. The van der Waals surface area contributed by atoms with E-state index >= 15 is 0 Å². The summed E-state index contributed by atoms with van der Waals surface area (Å²) in [7, 11) is 0. The van der Waals surface area contributed by atoms with Gasteiger partial charge in [-0.1, -0.05) is 36.4 Å². The minimum atomic E-state index is -0.699. The highest BCUT2D eigenvalue weighted by Crippen LogP contribution is 2.30. The number of aryl methyl sites for hydroxylation is 2. The molecule has 0 bridgehead atoms. The summed E-state index contributed by atoms with van der Waals surface area (Å²) >= 11 is 0. The third-order valence-electron chi connectivity index (χ3n) is 6.56. The van der Waals surface area contributed by atoms with Gasteiger partial charge in [0.15, 0.2) is 11.7 Å². The first-order valence-electron chi connectivity index (χ1n) is 12.9. The molecule has 0 amide bonds. The number of rotatable bonds is 6. The van der Waals surface area contributed by atoms with Crippen LogP contribution >= 0.6 is 0 Å². The Balaban J connectivity index is 0.000000189. The molecule has 0 aromatic heterocycles. The number of benzene rings is 3. The van der Waals surface area contributed by atoms with Crippen LogP contribution in [0.25, 0.3) is 20.8 Å². The number of hydrogen-bond donors (Lipinski definition) is 0. The van der Waals surface area contributed by atoms with Crippen molar-refractivity contribution in [3.8, 4) is 23.6 Å². The van der Waals surface area contributed by atoms with Crippen LogP contribution in [0.3, 0.4) is 0 Å². The number of fused-ring (bicyclic) bond motifs is 1. The average Bonchev–Trinajstić information content (AvgIpc) is 3.58. The summed E-state index contributed by atoms with van der Waals surface area (Å²) in [5.41, 5.74) is 3.86. The minimum Gasteiger partial charge on any atom is -0.498 e. The van der Waals surface area contributed by atoms with E-state index in [4.69, 9.17) is 18.9 Å². The van der Waals surface area contributed by atoms with Gasteiger partial charge in [-0.25, -0.2) is 4.79 Å². The molecule has 0 saturated carbocycles. The summed E-state index contributed by atoms with van der Waals surface area (Å²) in [6.45, 7) is 6.32. The Morgan fingerprint density at radius 2 is 1.63 bits per heavy atom. The van der Waals surface area contributed by atoms with E-state index in [2.05, 4.69) is 26.9 Å². The Kier molecular flexibility index (Phi) is 9.33. The van der Waals surface area contributed by atoms with Crippen molar-refractivity contribution >= 4 is 22.9 Å². The summed E-state index contributed by atoms with van der Waals surface area (Å²) in [6, 6.07) is 17.9. The highest BCUT2D eigenvalue weighted by molar-refractivity contribution is 5.90. The Morgan fingerprint density at radius 3 is 2.32 bits per heavy atom. The first-order valence-corrected chi connectivity index (χ1v) is 12.9. The highest BCUT2D eigenvalue weighted by Gasteiger charge is 2.26. The fourth-order valence-corrected chi connectivity index (χ4v) is 4.65. The summed E-state index contributed by atoms with van der Waals surface area (Å²) in [5, 5.41) is 28.2. The SMILES string of the molecule is Cc1cc(C)c(OCC2CCC(=O)O2)c(C)c1C#[N+][O-].O=C1OCC(COc2ccc3ccccc3c2C#[N+][O-])O1. The van der Waals surface area contributed by atoms with Crippen molar-refractivity contribution in [2.45, 2.75) is 45.8 Å². The van der Waals surface area contributed by atoms with Gasteiger partial charge in [0.25, 0.3) is 0 Å². The van der Waals surface area contributed by atoms with Crippen LogP contribution in [0.4, 0.5) is 4.79 Å². The molecule has 0 spiro atoms. The Morgan fingerprint density at radius 1 is 0.902 bits per heavy atom. The van der Waals surface area contributed by atoms with Crippen molar-refractivity contribution in [1.82, 2.24) is 0 Å². The standard InChI is InChI=1S/C15H11NO5.C15H17NO4/c17-15-20-9-11(21-15)8-19-14-6-5-10-3-1-2-4-12(10)13(14)7-16-18;1-9-6-10(2)15(11(3)13(9)7-16-18)19-8-12-4-5-14(17)20-12/h1-6,11H,8-9H2;6,12H,4-5,8H2,1-3H3. The molecule has 0 N–H and O–H groups in total. The zero-order valence-corrected chi connectivity index (χ0v) is 22.8. The van der Waals surface area contributed by atoms with Gasteiger partial charge in [0, 0.05) is 27.4 Å². The molecule has 11 nitrogen and oxygen atoms in total. The van der Waals surface area contributed by atoms with Crippen LogP contribution < -0.4 is 9.47 Å². The third kappa shape index (κ3) is 7.08. The molecule has 41 heavy (non-hydrogen) atoms. The molecule has 5 rings (SSSR count). The van der Waals surface area contributed by atoms with Gasteiger partial charge in [0.1, 0.15) is 43.0 Å². The van der Waals surface area contributed by atoms with Gasteiger partial charge in [0.05, 0.1) is 0 Å². The Hall–Kier alpha value is -5.16. The van der Waals surface area contributed by atoms with E-state index in [9.17, 15) is 20.0 Å². The first kappa shape index (κ1) is 28.8. The van der Waals surface area contributed by atoms with Gasteiger partial charge >= 0.3 is 24.3 Å². The monoisotopic (exact) mass is 560 g/mol. The van der Waals surface area contributed by atoms with Crippen molar-refractivity contribution in [2.24, 2.45) is 0 Å². The first-order chi connectivity index (χ1) is 19.8. The maximum atomic E-state index is 11.0. The molecule has 2 heterocycles. The molecular formula is C30H28N2O9. The van der Waals surface area contributed by atoms with Crippen LogP contribution in [-0.4, -0.2) is 44.2 Å². The van der Waals surface area contributed by atoms with E-state index in [0.29, 0.717) is 42.1 Å². The maximum Gasteiger partial charge on any atom is 0.508 e. The van der Waals surface area contributed by atoms with Crippen LogP contribution in [0.1, 0.15) is 40.7 Å². The van der Waals surface area contributed by atoms with Crippen LogP contribution in [-0.2, 0) is 19.0 Å². The molecule has 2 atom stereocenters. The van der Waals surface area contributed by atoms with Gasteiger partial charge in [-0.05, 0) is 49.8 Å². The van der Waals surface area contributed by atoms with Crippen molar-refractivity contribution in [2.75, 3.05) is 19.8 Å². The van der Waals surface area contributed by atoms with E-state index in [1.54, 1.807) is 6.07 Å². The van der Waals surface area contributed by atoms with Crippen LogP contribution in [0.15, 0.2) is 42.5 Å². The zero-order valence-electron chi connectivity index (χ0n) is 22.8. The third-order valence-corrected chi connectivity index (χ3v) is 6.56. The summed E-state index contributed by atoms with van der Waals surface area (Å²) in [5.74, 6) is 0.976. The second-order valence-electron chi connectivity index (χ2n) is 9.48. The molecule has 2 unspecified atom stereocenters. The lowest BCUT2D eigenvalue weighted by Gasteiger charge is -2.16. The number of cyclic esters (lactones) is 3. The van der Waals surface area contributed by atoms with Gasteiger partial charge in [-0.15, -0.1) is 0 Å². The van der Waals surface area contributed by atoms with E-state index in [0.717, 1.165) is 27.5 Å². The van der Waals surface area contributed by atoms with Crippen molar-refractivity contribution in [1.29, 1.82) is 0 Å². The zero-order chi connectivity index (χ0) is 29.4. The average molecular weight is 561 g/mol. The predicted octanol–water partition coefficient (Wildman–Crippen LogP) is 5.81. The number of carbonyl (C=O) groups is 2. The topological polar surface area (TPSA) is 135 Å². The molecular weight excluding hydrogens is 532 g/mol. The molecule has 2 aliphatic rings. The molecule has 3 aromatic rings. The lowest BCUT2D eigenvalue weighted by atomic mass is 9.99. The van der Waals surface area contributed by atoms with Crippen LogP contribution in [0, 0.1) is 43.3 Å². The van der Waals surface area contributed by atoms with Crippen LogP contribution in [0.2, 0.25) is 0 Å². The molecule has 2 aliphatic heterocycles. The van der Waals surface area contributed by atoms with Crippen molar-refractivity contribution in [3.05, 3.63) is 90.7 Å². The predicted molar refractivity (Wildman–Crippen MR) is 150 cm³/mol. The number of ether oxygens (including phenoxy) is 5. The van der Waals surface area contributed by atoms with Gasteiger partial charge in [-0.2, -0.15) is 0 Å². The summed E-state index contributed by atoms with van der Waals surface area (Å²) in [6.07, 6.45) is -0.217. The largest absolute Gasteiger partial charge is 0.508 e. The van der Waals surface area contributed by atoms with E-state index in [1.807, 2.05) is 57.2 Å². The molecule has 212 valence electrons. The van der Waals surface area contributed by atoms with Gasteiger partial charge < -0.3 is 34.1 Å². The van der Waals surface area contributed by atoms with E-state index in [1.165, 1.54) is 0 Å². The minimum absolute atomic E-state index is 0.137. The van der Waals surface area contributed by atoms with E-state index in [-0.39, 0.29) is 25.3 Å². The quantitative estimate of drug-likeness (QED) is 0.270. The van der Waals surface area contributed by atoms with Gasteiger partial charge in [-0.3, -0.25) is 4.79 Å². The van der Waals surface area contributed by atoms with Crippen LogP contribution in [0.5, 0.6) is 11.5 Å². The number of esters is 1. The summed E-state index contributed by atoms with van der Waals surface area (Å²) < 4.78 is 26.1. The molecule has 0 radical (unpaired) electrons. The molecule has 11 heteroatoms. The fraction of sp³-hybridized carbons (Fsp3) is 0.333. The summed E-state index contributed by atoms with van der Waals surface area (Å²) in [4.78, 5) is 21.9.